The summed E-state index contributed by atoms with van der Waals surface area (Å²) in [5, 5.41) is 14.4. The number of ether oxygens (including phenoxy) is 1. The fourth-order valence-corrected chi connectivity index (χ4v) is 4.40. The number of methoxy groups -OCH3 is 1. The van der Waals surface area contributed by atoms with Gasteiger partial charge in [-0.25, -0.2) is 4.39 Å². The molecule has 0 amide bonds. The highest BCUT2D eigenvalue weighted by Crippen LogP contribution is 2.40. The normalized spacial score (nSPS) is 17.4. The van der Waals surface area contributed by atoms with Gasteiger partial charge in [0.05, 0.1) is 19.8 Å². The summed E-state index contributed by atoms with van der Waals surface area (Å²) in [6.45, 7) is 0.725. The molecule has 0 aliphatic carbocycles. The maximum Gasteiger partial charge on any atom is 0.124 e. The predicted molar refractivity (Wildman–Crippen MR) is 137 cm³/mol. The zero-order valence-corrected chi connectivity index (χ0v) is 20.1. The molecule has 1 fully saturated rings. The van der Waals surface area contributed by atoms with Gasteiger partial charge in [-0.3, -0.25) is 5.32 Å². The molecular weight excluding hydrogens is 435 g/mol. The predicted octanol–water partition coefficient (Wildman–Crippen LogP) is 5.98. The summed E-state index contributed by atoms with van der Waals surface area (Å²) in [6, 6.07) is 22.9. The number of phenolic OH excluding ortho intramolecular Hbond substituents is 1. The van der Waals surface area contributed by atoms with Crippen LogP contribution in [-0.4, -0.2) is 31.2 Å². The number of hydrogen-bond acceptors (Lipinski definition) is 5. The number of thiol groups is 1. The summed E-state index contributed by atoms with van der Waals surface area (Å²) in [4.78, 5) is 2.31. The summed E-state index contributed by atoms with van der Waals surface area (Å²) in [5.74, 6) is 0.710. The molecule has 0 radical (unpaired) electrons. The maximum absolute atomic E-state index is 13.1. The Labute approximate surface area is 201 Å². The van der Waals surface area contributed by atoms with E-state index < -0.39 is 0 Å². The molecule has 176 valence electrons. The third-order valence-corrected chi connectivity index (χ3v) is 6.03. The van der Waals surface area contributed by atoms with Crippen molar-refractivity contribution in [2.24, 2.45) is 0 Å². The fraction of sp³-hybridized carbons (Fsp3) is 0.333. The topological polar surface area (TPSA) is 44.7 Å². The number of halogens is 1. The SMILES string of the molecule is COc1ccc(C2C(CCCCc3ccc(F)cc3)NCN2c2ccccc2)c(O)c1.CS. The van der Waals surface area contributed by atoms with E-state index in [2.05, 4.69) is 35.0 Å². The maximum atomic E-state index is 13.1. The molecule has 0 saturated carbocycles. The van der Waals surface area contributed by atoms with E-state index in [1.807, 2.05) is 42.5 Å². The number of anilines is 1. The Morgan fingerprint density at radius 3 is 2.42 bits per heavy atom. The summed E-state index contributed by atoms with van der Waals surface area (Å²) in [7, 11) is 1.60. The van der Waals surface area contributed by atoms with Gasteiger partial charge >= 0.3 is 0 Å². The van der Waals surface area contributed by atoms with Gasteiger partial charge in [-0.1, -0.05) is 36.8 Å². The Morgan fingerprint density at radius 2 is 1.76 bits per heavy atom. The number of rotatable bonds is 8. The van der Waals surface area contributed by atoms with E-state index >= 15 is 0 Å². The van der Waals surface area contributed by atoms with Crippen molar-refractivity contribution < 1.29 is 14.2 Å². The number of nitrogens with one attached hydrogen (secondary N) is 1. The third-order valence-electron chi connectivity index (χ3n) is 6.03. The van der Waals surface area contributed by atoms with E-state index in [4.69, 9.17) is 4.74 Å². The first kappa shape index (κ1) is 24.9. The second kappa shape index (κ2) is 12.5. The fourth-order valence-electron chi connectivity index (χ4n) is 4.40. The Hall–Kier alpha value is -2.70. The van der Waals surface area contributed by atoms with Crippen LogP contribution in [0.25, 0.3) is 0 Å². The van der Waals surface area contributed by atoms with Gasteiger partial charge in [-0.2, -0.15) is 12.6 Å². The molecule has 0 bridgehead atoms. The van der Waals surface area contributed by atoms with E-state index in [1.54, 1.807) is 19.4 Å². The number of benzene rings is 3. The Morgan fingerprint density at radius 1 is 1.03 bits per heavy atom. The van der Waals surface area contributed by atoms with Crippen LogP contribution in [0.15, 0.2) is 72.8 Å². The van der Waals surface area contributed by atoms with Gasteiger partial charge in [0, 0.05) is 23.4 Å². The lowest BCUT2D eigenvalue weighted by Crippen LogP contribution is -2.28. The van der Waals surface area contributed by atoms with E-state index in [0.717, 1.165) is 49.2 Å². The second-order valence-electron chi connectivity index (χ2n) is 8.02. The molecule has 0 aromatic heterocycles. The van der Waals surface area contributed by atoms with Crippen LogP contribution in [0.3, 0.4) is 0 Å². The number of unbranched alkanes of at least 4 members (excludes halogenated alkanes) is 1. The molecule has 3 aromatic rings. The number of para-hydroxylation sites is 1. The van der Waals surface area contributed by atoms with Crippen LogP contribution >= 0.6 is 12.6 Å². The molecule has 1 aliphatic rings. The standard InChI is InChI=1S/C26H29FN2O2.CH4S/c1-31-22-15-16-23(25(30)17-22)26-24(28-18-29(26)21-8-3-2-4-9-21)10-6-5-7-19-11-13-20(27)14-12-19;1-2/h2-4,8-9,11-17,24,26,28,30H,5-7,10,18H2,1H3;2H,1H3. The first-order valence-electron chi connectivity index (χ1n) is 11.3. The highest BCUT2D eigenvalue weighted by Gasteiger charge is 2.36. The van der Waals surface area contributed by atoms with Crippen LogP contribution in [0.4, 0.5) is 10.1 Å². The van der Waals surface area contributed by atoms with Crippen LogP contribution in [-0.2, 0) is 6.42 Å². The van der Waals surface area contributed by atoms with Crippen LogP contribution in [0.5, 0.6) is 11.5 Å². The molecule has 0 spiro atoms. The Balaban J connectivity index is 0.00000149. The van der Waals surface area contributed by atoms with Crippen LogP contribution in [0.1, 0.15) is 36.4 Å². The Kier molecular flexibility index (Phi) is 9.46. The minimum Gasteiger partial charge on any atom is -0.507 e. The summed E-state index contributed by atoms with van der Waals surface area (Å²) in [5.41, 5.74) is 3.19. The molecular formula is C27H33FN2O2S. The van der Waals surface area contributed by atoms with E-state index in [1.165, 1.54) is 12.1 Å². The van der Waals surface area contributed by atoms with Gasteiger partial charge in [-0.15, -0.1) is 0 Å². The van der Waals surface area contributed by atoms with Crippen molar-refractivity contribution in [1.29, 1.82) is 0 Å². The van der Waals surface area contributed by atoms with Gasteiger partial charge in [0.2, 0.25) is 0 Å². The van der Waals surface area contributed by atoms with E-state index in [0.29, 0.717) is 5.75 Å². The first-order valence-corrected chi connectivity index (χ1v) is 12.2. The molecule has 4 nitrogen and oxygen atoms in total. The molecule has 4 rings (SSSR count). The molecule has 3 aromatic carbocycles. The molecule has 1 heterocycles. The monoisotopic (exact) mass is 468 g/mol. The Bertz CT molecular complexity index is 985. The number of aryl methyl sites for hydroxylation is 1. The lowest BCUT2D eigenvalue weighted by molar-refractivity contribution is 0.402. The van der Waals surface area contributed by atoms with Crippen LogP contribution < -0.4 is 15.0 Å². The van der Waals surface area contributed by atoms with Crippen molar-refractivity contribution >= 4 is 18.3 Å². The molecule has 6 heteroatoms. The minimum atomic E-state index is -0.193. The average Bonchev–Trinajstić information content (AvgIpc) is 3.28. The van der Waals surface area contributed by atoms with E-state index in [-0.39, 0.29) is 23.7 Å². The van der Waals surface area contributed by atoms with E-state index in [9.17, 15) is 9.50 Å². The van der Waals surface area contributed by atoms with Crippen molar-refractivity contribution in [3.8, 4) is 11.5 Å². The van der Waals surface area contributed by atoms with Gasteiger partial charge in [-0.05, 0) is 67.5 Å². The van der Waals surface area contributed by atoms with Gasteiger partial charge in [0.25, 0.3) is 0 Å². The van der Waals surface area contributed by atoms with Crippen molar-refractivity contribution in [2.45, 2.75) is 37.8 Å². The van der Waals surface area contributed by atoms with Crippen molar-refractivity contribution in [3.05, 3.63) is 89.7 Å². The molecule has 2 unspecified atom stereocenters. The molecule has 33 heavy (non-hydrogen) atoms. The zero-order valence-electron chi connectivity index (χ0n) is 19.2. The smallest absolute Gasteiger partial charge is 0.124 e. The lowest BCUT2D eigenvalue weighted by Gasteiger charge is -2.30. The molecule has 1 saturated heterocycles. The third kappa shape index (κ3) is 6.42. The first-order chi connectivity index (χ1) is 16.2. The quantitative estimate of drug-likeness (QED) is 0.281. The summed E-state index contributed by atoms with van der Waals surface area (Å²) < 4.78 is 18.4. The van der Waals surface area contributed by atoms with Gasteiger partial charge < -0.3 is 14.7 Å². The minimum absolute atomic E-state index is 0.0270. The summed E-state index contributed by atoms with van der Waals surface area (Å²) in [6.07, 6.45) is 5.70. The van der Waals surface area contributed by atoms with Crippen molar-refractivity contribution in [2.75, 3.05) is 24.9 Å². The number of phenols is 1. The largest absolute Gasteiger partial charge is 0.507 e. The highest BCUT2D eigenvalue weighted by atomic mass is 32.1. The molecule has 1 aliphatic heterocycles. The highest BCUT2D eigenvalue weighted by molar-refractivity contribution is 7.79. The number of nitrogens with zero attached hydrogens (tertiary/aromatic N) is 1. The summed E-state index contributed by atoms with van der Waals surface area (Å²) >= 11 is 3.53. The number of aromatic hydroxyl groups is 1. The molecule has 2 atom stereocenters. The van der Waals surface area contributed by atoms with Crippen LogP contribution in [0, 0.1) is 5.82 Å². The van der Waals surface area contributed by atoms with Gasteiger partial charge in [0.1, 0.15) is 17.3 Å². The zero-order chi connectivity index (χ0) is 23.6. The number of hydrogen-bond donors (Lipinski definition) is 3. The lowest BCUT2D eigenvalue weighted by atomic mass is 9.93. The van der Waals surface area contributed by atoms with Crippen molar-refractivity contribution in [1.82, 2.24) is 5.32 Å². The average molecular weight is 469 g/mol. The van der Waals surface area contributed by atoms with Crippen LogP contribution in [0.2, 0.25) is 0 Å². The molecule has 2 N–H and O–H groups in total. The van der Waals surface area contributed by atoms with Gasteiger partial charge in [0.15, 0.2) is 0 Å². The second-order valence-corrected chi connectivity index (χ2v) is 8.02. The van der Waals surface area contributed by atoms with Crippen molar-refractivity contribution in [3.63, 3.8) is 0 Å².